The molecule has 2 atom stereocenters. The molecule has 0 heterocycles. The van der Waals surface area contributed by atoms with Crippen LogP contribution < -0.4 is 0 Å². The van der Waals surface area contributed by atoms with Gasteiger partial charge in [0.15, 0.2) is 0 Å². The van der Waals surface area contributed by atoms with Crippen molar-refractivity contribution in [2.75, 3.05) is 0 Å². The van der Waals surface area contributed by atoms with Crippen LogP contribution in [0.4, 0.5) is 0 Å². The minimum Gasteiger partial charge on any atom is -0.512 e. The largest absolute Gasteiger partial charge is 0.512 e. The summed E-state index contributed by atoms with van der Waals surface area (Å²) in [6, 6.07) is 9.64. The van der Waals surface area contributed by atoms with E-state index in [1.165, 1.54) is 0 Å². The minimum absolute atomic E-state index is 0.232. The third kappa shape index (κ3) is 1.66. The predicted octanol–water partition coefficient (Wildman–Crippen LogP) is 2.37. The molecule has 0 bridgehead atoms. The van der Waals surface area contributed by atoms with Crippen LogP contribution in [-0.2, 0) is 0 Å². The molecule has 0 fully saturated rings. The Morgan fingerprint density at radius 1 is 1.14 bits per heavy atom. The molecule has 0 saturated heterocycles. The van der Waals surface area contributed by atoms with E-state index in [0.29, 0.717) is 5.76 Å². The summed E-state index contributed by atoms with van der Waals surface area (Å²) < 4.78 is 0. The van der Waals surface area contributed by atoms with Crippen molar-refractivity contribution in [3.05, 3.63) is 47.7 Å². The Labute approximate surface area is 83.5 Å². The number of allylic oxidation sites excluding steroid dienone is 1. The zero-order valence-corrected chi connectivity index (χ0v) is 7.93. The minimum atomic E-state index is -0.456. The van der Waals surface area contributed by atoms with Gasteiger partial charge in [-0.1, -0.05) is 30.3 Å². The van der Waals surface area contributed by atoms with Crippen LogP contribution in [0.3, 0.4) is 0 Å². The van der Waals surface area contributed by atoms with Crippen LogP contribution in [0.5, 0.6) is 0 Å². The molecule has 2 unspecified atom stereocenters. The smallest absolute Gasteiger partial charge is 0.0983 e. The number of rotatable bonds is 1. The zero-order chi connectivity index (χ0) is 9.97. The number of hydrogen-bond acceptors (Lipinski definition) is 2. The van der Waals surface area contributed by atoms with Crippen LogP contribution in [0.25, 0.3) is 0 Å². The average Bonchev–Trinajstić information content (AvgIpc) is 2.19. The fraction of sp³-hybridized carbons (Fsp3) is 0.333. The van der Waals surface area contributed by atoms with Gasteiger partial charge in [-0.3, -0.25) is 0 Å². The highest BCUT2D eigenvalue weighted by Crippen LogP contribution is 2.32. The van der Waals surface area contributed by atoms with Crippen molar-refractivity contribution in [3.63, 3.8) is 0 Å². The normalized spacial score (nSPS) is 27.1. The molecule has 1 aromatic rings. The van der Waals surface area contributed by atoms with Gasteiger partial charge in [-0.2, -0.15) is 0 Å². The molecule has 14 heavy (non-hydrogen) atoms. The quantitative estimate of drug-likeness (QED) is 0.713. The van der Waals surface area contributed by atoms with Crippen molar-refractivity contribution in [2.24, 2.45) is 0 Å². The fourth-order valence-electron chi connectivity index (χ4n) is 1.95. The first kappa shape index (κ1) is 9.28. The van der Waals surface area contributed by atoms with Crippen molar-refractivity contribution in [1.82, 2.24) is 0 Å². The third-order valence-electron chi connectivity index (χ3n) is 2.68. The third-order valence-corrected chi connectivity index (χ3v) is 2.68. The lowest BCUT2D eigenvalue weighted by molar-refractivity contribution is 0.118. The average molecular weight is 190 g/mol. The Bertz CT molecular complexity index is 329. The molecule has 2 rings (SSSR count). The van der Waals surface area contributed by atoms with Crippen LogP contribution >= 0.6 is 0 Å². The molecule has 1 aromatic carbocycles. The van der Waals surface area contributed by atoms with Gasteiger partial charge in [0.1, 0.15) is 0 Å². The Kier molecular flexibility index (Phi) is 2.55. The molecule has 1 aliphatic carbocycles. The first-order chi connectivity index (χ1) is 6.79. The molecule has 1 aliphatic rings. The zero-order valence-electron chi connectivity index (χ0n) is 7.93. The van der Waals surface area contributed by atoms with E-state index in [2.05, 4.69) is 0 Å². The van der Waals surface area contributed by atoms with Crippen LogP contribution in [0.15, 0.2) is 42.2 Å². The summed E-state index contributed by atoms with van der Waals surface area (Å²) in [5.41, 5.74) is 0.980. The van der Waals surface area contributed by atoms with Gasteiger partial charge in [0.25, 0.3) is 0 Å². The van der Waals surface area contributed by atoms with Gasteiger partial charge in [-0.25, -0.2) is 0 Å². The summed E-state index contributed by atoms with van der Waals surface area (Å²) in [7, 11) is 0. The van der Waals surface area contributed by atoms with E-state index in [-0.39, 0.29) is 5.92 Å². The van der Waals surface area contributed by atoms with Crippen molar-refractivity contribution in [2.45, 2.75) is 24.9 Å². The second-order valence-electron chi connectivity index (χ2n) is 3.66. The molecular weight excluding hydrogens is 176 g/mol. The predicted molar refractivity (Wildman–Crippen MR) is 55.1 cm³/mol. The van der Waals surface area contributed by atoms with Crippen LogP contribution in [0.1, 0.15) is 24.3 Å². The summed E-state index contributed by atoms with van der Waals surface area (Å²) >= 11 is 0. The van der Waals surface area contributed by atoms with Gasteiger partial charge in [0.05, 0.1) is 17.8 Å². The van der Waals surface area contributed by atoms with Crippen LogP contribution in [-0.4, -0.2) is 16.3 Å². The van der Waals surface area contributed by atoms with E-state index >= 15 is 0 Å². The maximum absolute atomic E-state index is 9.79. The Hall–Kier alpha value is -1.28. The molecule has 2 heteroatoms. The number of aliphatic hydroxyl groups excluding tert-OH is 2. The van der Waals surface area contributed by atoms with Gasteiger partial charge < -0.3 is 10.2 Å². The highest BCUT2D eigenvalue weighted by Gasteiger charge is 2.27. The number of hydrogen-bond donors (Lipinski definition) is 2. The first-order valence-electron chi connectivity index (χ1n) is 4.91. The Morgan fingerprint density at radius 2 is 1.86 bits per heavy atom. The van der Waals surface area contributed by atoms with E-state index in [0.717, 1.165) is 18.4 Å². The van der Waals surface area contributed by atoms with Gasteiger partial charge in [-0.05, 0) is 24.5 Å². The molecule has 0 radical (unpaired) electrons. The topological polar surface area (TPSA) is 40.5 Å². The molecule has 0 spiro atoms. The SMILES string of the molecule is OC1=CCCC(O)C1c1ccccc1. The van der Waals surface area contributed by atoms with Crippen molar-refractivity contribution >= 4 is 0 Å². The van der Waals surface area contributed by atoms with Crippen molar-refractivity contribution < 1.29 is 10.2 Å². The monoisotopic (exact) mass is 190 g/mol. The highest BCUT2D eigenvalue weighted by atomic mass is 16.3. The molecule has 2 nitrogen and oxygen atoms in total. The number of benzene rings is 1. The van der Waals surface area contributed by atoms with Crippen LogP contribution in [0, 0.1) is 0 Å². The van der Waals surface area contributed by atoms with Crippen molar-refractivity contribution in [1.29, 1.82) is 0 Å². The van der Waals surface area contributed by atoms with E-state index < -0.39 is 6.10 Å². The van der Waals surface area contributed by atoms with Gasteiger partial charge in [0.2, 0.25) is 0 Å². The standard InChI is InChI=1S/C12H14O2/c13-10-7-4-8-11(14)12(10)9-5-2-1-3-6-9/h1-3,5-7,11-14H,4,8H2. The summed E-state index contributed by atoms with van der Waals surface area (Å²) in [5, 5.41) is 19.5. The van der Waals surface area contributed by atoms with Gasteiger partial charge in [0, 0.05) is 0 Å². The maximum atomic E-state index is 9.79. The summed E-state index contributed by atoms with van der Waals surface area (Å²) in [6.45, 7) is 0. The highest BCUT2D eigenvalue weighted by molar-refractivity contribution is 5.29. The molecule has 0 aliphatic heterocycles. The van der Waals surface area contributed by atoms with Crippen molar-refractivity contribution in [3.8, 4) is 0 Å². The Balaban J connectivity index is 2.32. The van der Waals surface area contributed by atoms with Gasteiger partial charge >= 0.3 is 0 Å². The molecular formula is C12H14O2. The van der Waals surface area contributed by atoms with E-state index in [1.807, 2.05) is 30.3 Å². The summed E-state index contributed by atoms with van der Waals surface area (Å²) in [5.74, 6) is 0.0694. The lowest BCUT2D eigenvalue weighted by Gasteiger charge is -2.26. The Morgan fingerprint density at radius 3 is 2.50 bits per heavy atom. The lowest BCUT2D eigenvalue weighted by atomic mass is 9.85. The maximum Gasteiger partial charge on any atom is 0.0983 e. The lowest BCUT2D eigenvalue weighted by Crippen LogP contribution is -2.23. The summed E-state index contributed by atoms with van der Waals surface area (Å²) in [4.78, 5) is 0. The first-order valence-corrected chi connectivity index (χ1v) is 4.91. The molecule has 0 aromatic heterocycles. The molecule has 2 N–H and O–H groups in total. The molecule has 74 valence electrons. The fourth-order valence-corrected chi connectivity index (χ4v) is 1.95. The van der Waals surface area contributed by atoms with Crippen LogP contribution in [0.2, 0.25) is 0 Å². The summed E-state index contributed by atoms with van der Waals surface area (Å²) in [6.07, 6.45) is 2.83. The second-order valence-corrected chi connectivity index (χ2v) is 3.66. The van der Waals surface area contributed by atoms with E-state index in [9.17, 15) is 10.2 Å². The number of aliphatic hydroxyl groups is 2. The van der Waals surface area contributed by atoms with E-state index in [1.54, 1.807) is 6.08 Å². The van der Waals surface area contributed by atoms with Gasteiger partial charge in [-0.15, -0.1) is 0 Å². The van der Waals surface area contributed by atoms with E-state index in [4.69, 9.17) is 0 Å². The second kappa shape index (κ2) is 3.84. The molecule has 0 saturated carbocycles. The molecule has 0 amide bonds.